The number of anilines is 2. The molecule has 1 aromatic heterocycles. The number of nitrogens with two attached hydrogens (primary N) is 1. The molecule has 2 rings (SSSR count). The van der Waals surface area contributed by atoms with Crippen molar-refractivity contribution in [2.75, 3.05) is 11.1 Å². The van der Waals surface area contributed by atoms with E-state index in [1.54, 1.807) is 6.92 Å². The number of furan rings is 1. The van der Waals surface area contributed by atoms with Crippen LogP contribution >= 0.6 is 0 Å². The van der Waals surface area contributed by atoms with E-state index in [4.69, 9.17) is 10.2 Å². The van der Waals surface area contributed by atoms with Crippen molar-refractivity contribution in [2.45, 2.75) is 6.92 Å². The SMILES string of the molecule is Cc1occc1C(=O)Nc1c(N)ccc(F)c1F. The van der Waals surface area contributed by atoms with Crippen molar-refractivity contribution in [1.29, 1.82) is 0 Å². The molecule has 4 nitrogen and oxygen atoms in total. The van der Waals surface area contributed by atoms with Gasteiger partial charge in [0, 0.05) is 0 Å². The summed E-state index contributed by atoms with van der Waals surface area (Å²) in [5.74, 6) is -2.51. The minimum atomic E-state index is -1.19. The Morgan fingerprint density at radius 1 is 1.33 bits per heavy atom. The maximum absolute atomic E-state index is 13.5. The molecule has 2 aromatic rings. The zero-order chi connectivity index (χ0) is 13.3. The lowest BCUT2D eigenvalue weighted by molar-refractivity contribution is 0.102. The van der Waals surface area contributed by atoms with Crippen molar-refractivity contribution in [3.8, 4) is 0 Å². The van der Waals surface area contributed by atoms with Gasteiger partial charge in [0.05, 0.1) is 17.5 Å². The molecule has 0 spiro atoms. The molecular weight excluding hydrogens is 242 g/mol. The number of carbonyl (C=O) groups excluding carboxylic acids is 1. The minimum Gasteiger partial charge on any atom is -0.469 e. The Balaban J connectivity index is 2.33. The van der Waals surface area contributed by atoms with Gasteiger partial charge in [-0.1, -0.05) is 0 Å². The molecule has 0 unspecified atom stereocenters. The fourth-order valence-electron chi connectivity index (χ4n) is 1.49. The lowest BCUT2D eigenvalue weighted by Gasteiger charge is -2.09. The van der Waals surface area contributed by atoms with Crippen LogP contribution < -0.4 is 11.1 Å². The molecular formula is C12H10F2N2O2. The largest absolute Gasteiger partial charge is 0.469 e. The van der Waals surface area contributed by atoms with Gasteiger partial charge < -0.3 is 15.5 Å². The van der Waals surface area contributed by atoms with Crippen molar-refractivity contribution in [3.63, 3.8) is 0 Å². The quantitative estimate of drug-likeness (QED) is 0.807. The lowest BCUT2D eigenvalue weighted by Crippen LogP contribution is -2.15. The van der Waals surface area contributed by atoms with Gasteiger partial charge in [-0.3, -0.25) is 4.79 Å². The molecule has 0 bridgehead atoms. The smallest absolute Gasteiger partial charge is 0.259 e. The maximum Gasteiger partial charge on any atom is 0.259 e. The van der Waals surface area contributed by atoms with Gasteiger partial charge in [-0.2, -0.15) is 0 Å². The zero-order valence-corrected chi connectivity index (χ0v) is 9.46. The predicted octanol–water partition coefficient (Wildman–Crippen LogP) is 2.70. The second-order valence-corrected chi connectivity index (χ2v) is 3.67. The number of carbonyl (C=O) groups is 1. The summed E-state index contributed by atoms with van der Waals surface area (Å²) in [5.41, 5.74) is 5.29. The Kier molecular flexibility index (Phi) is 3.01. The fourth-order valence-corrected chi connectivity index (χ4v) is 1.49. The molecule has 18 heavy (non-hydrogen) atoms. The first kappa shape index (κ1) is 12.1. The second kappa shape index (κ2) is 4.48. The van der Waals surface area contributed by atoms with E-state index in [1.807, 2.05) is 0 Å². The van der Waals surface area contributed by atoms with Crippen LogP contribution in [-0.4, -0.2) is 5.91 Å². The van der Waals surface area contributed by atoms with E-state index in [-0.39, 0.29) is 16.9 Å². The summed E-state index contributed by atoms with van der Waals surface area (Å²) in [6.07, 6.45) is 1.33. The summed E-state index contributed by atoms with van der Waals surface area (Å²) in [7, 11) is 0. The number of nitrogens with one attached hydrogen (secondary N) is 1. The number of rotatable bonds is 2. The van der Waals surface area contributed by atoms with E-state index < -0.39 is 17.5 Å². The van der Waals surface area contributed by atoms with Gasteiger partial charge in [0.25, 0.3) is 5.91 Å². The predicted molar refractivity (Wildman–Crippen MR) is 62.2 cm³/mol. The van der Waals surface area contributed by atoms with Crippen LogP contribution in [0.15, 0.2) is 28.9 Å². The van der Waals surface area contributed by atoms with E-state index >= 15 is 0 Å². The number of nitrogen functional groups attached to an aromatic ring is 1. The summed E-state index contributed by atoms with van der Waals surface area (Å²) in [4.78, 5) is 11.8. The molecule has 3 N–H and O–H groups in total. The van der Waals surface area contributed by atoms with E-state index in [9.17, 15) is 13.6 Å². The molecule has 1 aromatic carbocycles. The fraction of sp³-hybridized carbons (Fsp3) is 0.0833. The second-order valence-electron chi connectivity index (χ2n) is 3.67. The standard InChI is InChI=1S/C12H10F2N2O2/c1-6-7(4-5-18-6)12(17)16-11-9(15)3-2-8(13)10(11)14/h2-5H,15H2,1H3,(H,16,17). The van der Waals surface area contributed by atoms with Crippen LogP contribution in [0.2, 0.25) is 0 Å². The van der Waals surface area contributed by atoms with Crippen LogP contribution in [0.4, 0.5) is 20.2 Å². The van der Waals surface area contributed by atoms with Crippen LogP contribution in [0, 0.1) is 18.6 Å². The highest BCUT2D eigenvalue weighted by Crippen LogP contribution is 2.25. The Bertz CT molecular complexity index is 608. The van der Waals surface area contributed by atoms with Crippen LogP contribution in [0.1, 0.15) is 16.1 Å². The molecule has 6 heteroatoms. The van der Waals surface area contributed by atoms with Gasteiger partial charge in [-0.05, 0) is 25.1 Å². The number of hydrogen-bond acceptors (Lipinski definition) is 3. The molecule has 0 aliphatic heterocycles. The van der Waals surface area contributed by atoms with Crippen molar-refractivity contribution < 1.29 is 18.0 Å². The summed E-state index contributed by atoms with van der Waals surface area (Å²) in [6.45, 7) is 1.58. The van der Waals surface area contributed by atoms with E-state index in [1.165, 1.54) is 18.4 Å². The van der Waals surface area contributed by atoms with E-state index in [2.05, 4.69) is 5.32 Å². The van der Waals surface area contributed by atoms with Crippen molar-refractivity contribution in [3.05, 3.63) is 47.4 Å². The first-order valence-electron chi connectivity index (χ1n) is 5.09. The van der Waals surface area contributed by atoms with Crippen LogP contribution in [-0.2, 0) is 0 Å². The van der Waals surface area contributed by atoms with Gasteiger partial charge in [-0.25, -0.2) is 8.78 Å². The third-order valence-electron chi connectivity index (χ3n) is 2.47. The highest BCUT2D eigenvalue weighted by Gasteiger charge is 2.17. The van der Waals surface area contributed by atoms with Crippen LogP contribution in [0.3, 0.4) is 0 Å². The number of halogens is 2. The average Bonchev–Trinajstić information content (AvgIpc) is 2.76. The van der Waals surface area contributed by atoms with Crippen molar-refractivity contribution in [2.24, 2.45) is 0 Å². The molecule has 0 saturated heterocycles. The Morgan fingerprint density at radius 2 is 2.06 bits per heavy atom. The third-order valence-corrected chi connectivity index (χ3v) is 2.47. The summed E-state index contributed by atoms with van der Waals surface area (Å²) in [6, 6.07) is 3.50. The summed E-state index contributed by atoms with van der Waals surface area (Å²) in [5, 5.41) is 2.22. The summed E-state index contributed by atoms with van der Waals surface area (Å²) >= 11 is 0. The Hall–Kier alpha value is -2.37. The number of aryl methyl sites for hydroxylation is 1. The monoisotopic (exact) mass is 252 g/mol. The minimum absolute atomic E-state index is 0.0524. The average molecular weight is 252 g/mol. The topological polar surface area (TPSA) is 68.3 Å². The first-order valence-corrected chi connectivity index (χ1v) is 5.09. The maximum atomic E-state index is 13.5. The van der Waals surface area contributed by atoms with Crippen molar-refractivity contribution >= 4 is 17.3 Å². The highest BCUT2D eigenvalue weighted by atomic mass is 19.2. The Labute approximate surface area is 101 Å². The number of amides is 1. The lowest BCUT2D eigenvalue weighted by atomic mass is 10.2. The van der Waals surface area contributed by atoms with Gasteiger partial charge in [0.15, 0.2) is 11.6 Å². The number of benzene rings is 1. The zero-order valence-electron chi connectivity index (χ0n) is 9.46. The molecule has 0 atom stereocenters. The van der Waals surface area contributed by atoms with Crippen LogP contribution in [0.25, 0.3) is 0 Å². The van der Waals surface area contributed by atoms with Crippen molar-refractivity contribution in [1.82, 2.24) is 0 Å². The third kappa shape index (κ3) is 2.04. The molecule has 0 aliphatic rings. The van der Waals surface area contributed by atoms with E-state index in [0.29, 0.717) is 5.76 Å². The highest BCUT2D eigenvalue weighted by molar-refractivity contribution is 6.06. The molecule has 94 valence electrons. The first-order chi connectivity index (χ1) is 8.50. The molecule has 1 heterocycles. The molecule has 0 fully saturated rings. The van der Waals surface area contributed by atoms with Gasteiger partial charge in [0.2, 0.25) is 0 Å². The molecule has 0 saturated carbocycles. The van der Waals surface area contributed by atoms with Gasteiger partial charge in [-0.15, -0.1) is 0 Å². The van der Waals surface area contributed by atoms with Gasteiger partial charge in [0.1, 0.15) is 11.4 Å². The van der Waals surface area contributed by atoms with Crippen LogP contribution in [0.5, 0.6) is 0 Å². The molecule has 0 aliphatic carbocycles. The van der Waals surface area contributed by atoms with E-state index in [0.717, 1.165) is 6.07 Å². The van der Waals surface area contributed by atoms with Gasteiger partial charge >= 0.3 is 0 Å². The molecule has 1 amide bonds. The molecule has 0 radical (unpaired) electrons. The summed E-state index contributed by atoms with van der Waals surface area (Å²) < 4.78 is 31.5. The number of hydrogen-bond donors (Lipinski definition) is 2. The Morgan fingerprint density at radius 3 is 2.67 bits per heavy atom. The normalized spacial score (nSPS) is 10.4.